The maximum Gasteiger partial charge on any atom is 0.0521 e. The van der Waals surface area contributed by atoms with Crippen LogP contribution in [0.5, 0.6) is 0 Å². The van der Waals surface area contributed by atoms with Gasteiger partial charge >= 0.3 is 0 Å². The molecule has 2 aromatic rings. The van der Waals surface area contributed by atoms with E-state index in [0.717, 1.165) is 12.8 Å². The van der Waals surface area contributed by atoms with E-state index in [9.17, 15) is 0 Å². The first-order valence-electron chi connectivity index (χ1n) is 5.86. The molecule has 0 aromatic carbocycles. The van der Waals surface area contributed by atoms with Gasteiger partial charge in [-0.15, -0.1) is 11.3 Å². The molecule has 0 bridgehead atoms. The minimum absolute atomic E-state index is 0.146. The van der Waals surface area contributed by atoms with Crippen LogP contribution < -0.4 is 5.73 Å². The molecular formula is C13H19N3S. The molecule has 0 radical (unpaired) electrons. The van der Waals surface area contributed by atoms with Gasteiger partial charge in [-0.05, 0) is 43.9 Å². The van der Waals surface area contributed by atoms with Gasteiger partial charge in [0.25, 0.3) is 0 Å². The number of thiophene rings is 1. The van der Waals surface area contributed by atoms with Crippen LogP contribution in [0.25, 0.3) is 0 Å². The summed E-state index contributed by atoms with van der Waals surface area (Å²) in [5.41, 5.74) is 8.82. The van der Waals surface area contributed by atoms with Crippen molar-refractivity contribution in [2.24, 2.45) is 12.8 Å². The topological polar surface area (TPSA) is 43.8 Å². The molecule has 0 aliphatic heterocycles. The van der Waals surface area contributed by atoms with E-state index in [1.165, 1.54) is 20.9 Å². The van der Waals surface area contributed by atoms with Crippen LogP contribution in [-0.4, -0.2) is 9.78 Å². The summed E-state index contributed by atoms with van der Waals surface area (Å²) in [6.07, 6.45) is 5.94. The fourth-order valence-electron chi connectivity index (χ4n) is 1.85. The summed E-state index contributed by atoms with van der Waals surface area (Å²) in [5.74, 6) is 0. The van der Waals surface area contributed by atoms with Gasteiger partial charge in [-0.25, -0.2) is 0 Å². The van der Waals surface area contributed by atoms with Gasteiger partial charge in [-0.2, -0.15) is 5.10 Å². The van der Waals surface area contributed by atoms with Crippen LogP contribution in [0.4, 0.5) is 0 Å². The average molecular weight is 249 g/mol. The van der Waals surface area contributed by atoms with E-state index in [0.29, 0.717) is 0 Å². The number of hydrogen-bond acceptors (Lipinski definition) is 3. The molecule has 3 nitrogen and oxygen atoms in total. The molecule has 0 amide bonds. The van der Waals surface area contributed by atoms with Crippen molar-refractivity contribution in [2.75, 3.05) is 0 Å². The number of nitrogens with zero attached hydrogens (tertiary/aromatic N) is 2. The van der Waals surface area contributed by atoms with Crippen molar-refractivity contribution in [3.63, 3.8) is 0 Å². The van der Waals surface area contributed by atoms with Crippen molar-refractivity contribution in [1.82, 2.24) is 9.78 Å². The molecule has 0 saturated heterocycles. The Hall–Kier alpha value is -1.13. The van der Waals surface area contributed by atoms with E-state index >= 15 is 0 Å². The number of aromatic nitrogens is 2. The van der Waals surface area contributed by atoms with Crippen LogP contribution in [0.3, 0.4) is 0 Å². The Morgan fingerprint density at radius 1 is 1.47 bits per heavy atom. The zero-order chi connectivity index (χ0) is 12.4. The van der Waals surface area contributed by atoms with Crippen LogP contribution in [0.1, 0.15) is 33.3 Å². The smallest absolute Gasteiger partial charge is 0.0521 e. The average Bonchev–Trinajstić information content (AvgIpc) is 2.83. The maximum atomic E-state index is 6.22. The molecule has 2 heterocycles. The lowest BCUT2D eigenvalue weighted by molar-refractivity contribution is 0.661. The molecule has 17 heavy (non-hydrogen) atoms. The van der Waals surface area contributed by atoms with Crippen molar-refractivity contribution in [1.29, 1.82) is 0 Å². The van der Waals surface area contributed by atoms with E-state index in [2.05, 4.69) is 31.2 Å². The van der Waals surface area contributed by atoms with E-state index in [4.69, 9.17) is 5.73 Å². The highest BCUT2D eigenvalue weighted by Crippen LogP contribution is 2.27. The van der Waals surface area contributed by atoms with Crippen LogP contribution >= 0.6 is 11.3 Å². The Balaban J connectivity index is 1.95. The highest BCUT2D eigenvalue weighted by Gasteiger charge is 2.10. The Labute approximate surface area is 106 Å². The molecule has 1 atom stereocenters. The number of nitrogens with two attached hydrogens (primary N) is 1. The lowest BCUT2D eigenvalue weighted by atomic mass is 10.1. The lowest BCUT2D eigenvalue weighted by Crippen LogP contribution is -2.09. The third kappa shape index (κ3) is 2.96. The lowest BCUT2D eigenvalue weighted by Gasteiger charge is -2.07. The van der Waals surface area contributed by atoms with Gasteiger partial charge in [0.2, 0.25) is 0 Å². The summed E-state index contributed by atoms with van der Waals surface area (Å²) >= 11 is 1.82. The highest BCUT2D eigenvalue weighted by molar-refractivity contribution is 7.12. The summed E-state index contributed by atoms with van der Waals surface area (Å²) < 4.78 is 1.83. The first-order valence-corrected chi connectivity index (χ1v) is 6.68. The Morgan fingerprint density at radius 3 is 2.76 bits per heavy atom. The fraction of sp³-hybridized carbons (Fsp3) is 0.462. The van der Waals surface area contributed by atoms with Crippen LogP contribution in [0.2, 0.25) is 0 Å². The number of aryl methyl sites for hydroxylation is 4. The van der Waals surface area contributed by atoms with Gasteiger partial charge in [0.15, 0.2) is 0 Å². The second-order valence-corrected chi connectivity index (χ2v) is 5.84. The summed E-state index contributed by atoms with van der Waals surface area (Å²) in [4.78, 5) is 2.67. The number of hydrogen-bond donors (Lipinski definition) is 1. The van der Waals surface area contributed by atoms with Crippen molar-refractivity contribution < 1.29 is 0 Å². The molecule has 1 unspecified atom stereocenters. The SMILES string of the molecule is Cc1cc(C(N)CCc2cnn(C)c2)sc1C. The van der Waals surface area contributed by atoms with E-state index < -0.39 is 0 Å². The van der Waals surface area contributed by atoms with Crippen molar-refractivity contribution >= 4 is 11.3 Å². The molecular weight excluding hydrogens is 230 g/mol. The monoisotopic (exact) mass is 249 g/mol. The van der Waals surface area contributed by atoms with Gasteiger partial charge in [0, 0.05) is 29.0 Å². The Bertz CT molecular complexity index is 479. The second-order valence-electron chi connectivity index (χ2n) is 4.56. The predicted molar refractivity (Wildman–Crippen MR) is 72.3 cm³/mol. The second kappa shape index (κ2) is 5.02. The summed E-state index contributed by atoms with van der Waals surface area (Å²) in [7, 11) is 1.94. The van der Waals surface area contributed by atoms with Gasteiger partial charge in [-0.1, -0.05) is 0 Å². The van der Waals surface area contributed by atoms with Crippen LogP contribution in [0, 0.1) is 13.8 Å². The van der Waals surface area contributed by atoms with Crippen molar-refractivity contribution in [3.05, 3.63) is 39.3 Å². The third-order valence-corrected chi connectivity index (χ3v) is 4.34. The maximum absolute atomic E-state index is 6.22. The van der Waals surface area contributed by atoms with Gasteiger partial charge in [0.05, 0.1) is 6.20 Å². The normalized spacial score (nSPS) is 12.9. The zero-order valence-electron chi connectivity index (χ0n) is 10.6. The minimum atomic E-state index is 0.146. The molecule has 0 fully saturated rings. The van der Waals surface area contributed by atoms with Crippen molar-refractivity contribution in [2.45, 2.75) is 32.7 Å². The molecule has 92 valence electrons. The fourth-order valence-corrected chi connectivity index (χ4v) is 2.93. The molecule has 0 aliphatic carbocycles. The minimum Gasteiger partial charge on any atom is -0.323 e. The zero-order valence-corrected chi connectivity index (χ0v) is 11.4. The van der Waals surface area contributed by atoms with Crippen LogP contribution in [-0.2, 0) is 13.5 Å². The van der Waals surface area contributed by atoms with Crippen molar-refractivity contribution in [3.8, 4) is 0 Å². The van der Waals surface area contributed by atoms with E-state index in [-0.39, 0.29) is 6.04 Å². The van der Waals surface area contributed by atoms with Gasteiger partial charge in [0.1, 0.15) is 0 Å². The molecule has 2 aromatic heterocycles. The van der Waals surface area contributed by atoms with Gasteiger partial charge < -0.3 is 5.73 Å². The molecule has 2 rings (SSSR count). The summed E-state index contributed by atoms with van der Waals surface area (Å²) in [6, 6.07) is 2.36. The van der Waals surface area contributed by atoms with Crippen LogP contribution in [0.15, 0.2) is 18.5 Å². The quantitative estimate of drug-likeness (QED) is 0.905. The van der Waals surface area contributed by atoms with Gasteiger partial charge in [-0.3, -0.25) is 4.68 Å². The summed E-state index contributed by atoms with van der Waals surface area (Å²) in [6.45, 7) is 4.29. The van der Waals surface area contributed by atoms with E-state index in [1.54, 1.807) is 0 Å². The molecule has 0 spiro atoms. The first kappa shape index (κ1) is 12.3. The highest BCUT2D eigenvalue weighted by atomic mass is 32.1. The number of rotatable bonds is 4. The largest absolute Gasteiger partial charge is 0.323 e. The molecule has 4 heteroatoms. The predicted octanol–water partition coefficient (Wildman–Crippen LogP) is 2.73. The van der Waals surface area contributed by atoms with E-state index in [1.807, 2.05) is 29.3 Å². The standard InChI is InChI=1S/C13H19N3S/c1-9-6-13(17-10(9)2)12(14)5-4-11-7-15-16(3)8-11/h6-8,12H,4-5,14H2,1-3H3. The third-order valence-electron chi connectivity index (χ3n) is 3.05. The molecule has 0 aliphatic rings. The molecule has 2 N–H and O–H groups in total. The Morgan fingerprint density at radius 2 is 2.24 bits per heavy atom. The Kier molecular flexibility index (Phi) is 3.64. The first-order chi connectivity index (χ1) is 8.06. The molecule has 0 saturated carbocycles. The summed E-state index contributed by atoms with van der Waals surface area (Å²) in [5, 5.41) is 4.16.